The van der Waals surface area contributed by atoms with E-state index in [1.54, 1.807) is 0 Å². The molecule has 0 spiro atoms. The Morgan fingerprint density at radius 2 is 2.25 bits per heavy atom. The molecule has 1 rings (SSSR count). The largest absolute Gasteiger partial charge is 0.198 e. The van der Waals surface area contributed by atoms with E-state index in [-0.39, 0.29) is 0 Å². The van der Waals surface area contributed by atoms with Gasteiger partial charge in [0.2, 0.25) is 0 Å². The molecular weight excluding hydrogens is 98.1 g/mol. The van der Waals surface area contributed by atoms with Gasteiger partial charge >= 0.3 is 0 Å². The minimum Gasteiger partial charge on any atom is -0.198 e. The van der Waals surface area contributed by atoms with Gasteiger partial charge in [-0.05, 0) is 18.8 Å². The first-order valence-electron chi connectivity index (χ1n) is 3.24. The summed E-state index contributed by atoms with van der Waals surface area (Å²) in [4.78, 5) is 0. The Hall–Kier alpha value is -0.510. The van der Waals surface area contributed by atoms with Crippen LogP contribution in [-0.2, 0) is 0 Å². The lowest BCUT2D eigenvalue weighted by Gasteiger charge is -2.02. The molecule has 8 heavy (non-hydrogen) atoms. The number of nitrogens with zero attached hydrogens (tertiary/aromatic N) is 1. The minimum absolute atomic E-state index is 0.370. The molecule has 0 heterocycles. The number of hydrogen-bond donors (Lipinski definition) is 0. The predicted molar refractivity (Wildman–Crippen MR) is 32.1 cm³/mol. The van der Waals surface area contributed by atoms with Gasteiger partial charge < -0.3 is 0 Å². The molecule has 0 aromatic carbocycles. The molecule has 1 heteroatoms. The van der Waals surface area contributed by atoms with E-state index in [1.165, 1.54) is 12.8 Å². The maximum Gasteiger partial charge on any atom is 0.0658 e. The van der Waals surface area contributed by atoms with E-state index in [0.717, 1.165) is 6.42 Å². The summed E-state index contributed by atoms with van der Waals surface area (Å²) >= 11 is 0. The Bertz CT molecular complexity index is 112. The minimum atomic E-state index is 0.370. The number of nitriles is 1. The maximum atomic E-state index is 8.49. The third kappa shape index (κ3) is 0.838. The van der Waals surface area contributed by atoms with E-state index in [9.17, 15) is 0 Å². The van der Waals surface area contributed by atoms with Crippen molar-refractivity contribution < 1.29 is 0 Å². The summed E-state index contributed by atoms with van der Waals surface area (Å²) in [6, 6.07) is 2.31. The average molecular weight is 109 g/mol. The Morgan fingerprint density at radius 1 is 1.50 bits per heavy atom. The fourth-order valence-electron chi connectivity index (χ4n) is 1.34. The van der Waals surface area contributed by atoms with Crippen LogP contribution in [0.5, 0.6) is 0 Å². The van der Waals surface area contributed by atoms with Crippen molar-refractivity contribution in [3.8, 4) is 6.07 Å². The normalized spacial score (nSPS) is 37.0. The van der Waals surface area contributed by atoms with Crippen molar-refractivity contribution in [1.29, 1.82) is 5.26 Å². The monoisotopic (exact) mass is 109 g/mol. The van der Waals surface area contributed by atoms with Gasteiger partial charge in [0.15, 0.2) is 0 Å². The smallest absolute Gasteiger partial charge is 0.0658 e. The van der Waals surface area contributed by atoms with Gasteiger partial charge in [-0.1, -0.05) is 13.3 Å². The van der Waals surface area contributed by atoms with E-state index < -0.39 is 0 Å². The van der Waals surface area contributed by atoms with Gasteiger partial charge in [-0.15, -0.1) is 0 Å². The number of rotatable bonds is 0. The molecule has 1 fully saturated rings. The van der Waals surface area contributed by atoms with E-state index in [4.69, 9.17) is 5.26 Å². The Labute approximate surface area is 50.3 Å². The molecule has 0 aromatic rings. The molecule has 1 aliphatic carbocycles. The molecule has 0 amide bonds. The van der Waals surface area contributed by atoms with Crippen LogP contribution < -0.4 is 0 Å². The van der Waals surface area contributed by atoms with Crippen LogP contribution in [0.25, 0.3) is 0 Å². The van der Waals surface area contributed by atoms with Crippen molar-refractivity contribution >= 4 is 0 Å². The third-order valence-corrected chi connectivity index (χ3v) is 2.03. The lowest BCUT2D eigenvalue weighted by atomic mass is 10.0. The zero-order valence-corrected chi connectivity index (χ0v) is 5.22. The van der Waals surface area contributed by atoms with Crippen molar-refractivity contribution in [1.82, 2.24) is 0 Å². The van der Waals surface area contributed by atoms with Crippen molar-refractivity contribution in [2.75, 3.05) is 0 Å². The van der Waals surface area contributed by atoms with Crippen LogP contribution in [0.3, 0.4) is 0 Å². The van der Waals surface area contributed by atoms with Crippen LogP contribution in [0.15, 0.2) is 0 Å². The molecular formula is C7H11N. The molecule has 0 aromatic heterocycles. The molecule has 0 aliphatic heterocycles. The summed E-state index contributed by atoms with van der Waals surface area (Å²) in [5.41, 5.74) is 0. The Kier molecular flexibility index (Phi) is 1.53. The van der Waals surface area contributed by atoms with Crippen molar-refractivity contribution in [3.05, 3.63) is 0 Å². The van der Waals surface area contributed by atoms with Gasteiger partial charge in [-0.3, -0.25) is 0 Å². The maximum absolute atomic E-state index is 8.49. The first kappa shape index (κ1) is 5.62. The van der Waals surface area contributed by atoms with Crippen LogP contribution in [0.1, 0.15) is 26.2 Å². The number of hydrogen-bond acceptors (Lipinski definition) is 1. The van der Waals surface area contributed by atoms with Crippen molar-refractivity contribution in [2.45, 2.75) is 26.2 Å². The van der Waals surface area contributed by atoms with Gasteiger partial charge in [-0.2, -0.15) is 5.26 Å². The van der Waals surface area contributed by atoms with Gasteiger partial charge in [0.25, 0.3) is 0 Å². The van der Waals surface area contributed by atoms with Crippen LogP contribution >= 0.6 is 0 Å². The van der Waals surface area contributed by atoms with E-state index >= 15 is 0 Å². The van der Waals surface area contributed by atoms with E-state index in [1.807, 2.05) is 0 Å². The first-order chi connectivity index (χ1) is 3.84. The van der Waals surface area contributed by atoms with Crippen molar-refractivity contribution in [2.24, 2.45) is 11.8 Å². The first-order valence-corrected chi connectivity index (χ1v) is 3.24. The Morgan fingerprint density at radius 3 is 2.50 bits per heavy atom. The SMILES string of the molecule is C[C@H]1CCC[C@H]1C#N. The van der Waals surface area contributed by atoms with Gasteiger partial charge in [0, 0.05) is 5.92 Å². The molecule has 44 valence electrons. The highest BCUT2D eigenvalue weighted by Crippen LogP contribution is 2.29. The second-order valence-electron chi connectivity index (χ2n) is 2.64. The average Bonchev–Trinajstić information content (AvgIpc) is 2.14. The zero-order chi connectivity index (χ0) is 5.98. The van der Waals surface area contributed by atoms with Gasteiger partial charge in [-0.25, -0.2) is 0 Å². The standard InChI is InChI=1S/C7H11N/c1-6-3-2-4-7(6)5-8/h6-7H,2-4H2,1H3/t6-,7-/m0/s1. The molecule has 0 unspecified atom stereocenters. The van der Waals surface area contributed by atoms with Crippen LogP contribution in [0, 0.1) is 23.2 Å². The van der Waals surface area contributed by atoms with E-state index in [2.05, 4.69) is 13.0 Å². The third-order valence-electron chi connectivity index (χ3n) is 2.03. The molecule has 0 N–H and O–H groups in total. The summed E-state index contributed by atoms with van der Waals surface area (Å²) in [7, 11) is 0. The molecule has 2 atom stereocenters. The summed E-state index contributed by atoms with van der Waals surface area (Å²) < 4.78 is 0. The van der Waals surface area contributed by atoms with Gasteiger partial charge in [0.1, 0.15) is 0 Å². The molecule has 0 bridgehead atoms. The highest BCUT2D eigenvalue weighted by molar-refractivity contribution is 4.90. The van der Waals surface area contributed by atoms with Gasteiger partial charge in [0.05, 0.1) is 6.07 Å². The quantitative estimate of drug-likeness (QED) is 0.466. The van der Waals surface area contributed by atoms with E-state index in [0.29, 0.717) is 11.8 Å². The molecule has 0 radical (unpaired) electrons. The highest BCUT2D eigenvalue weighted by Gasteiger charge is 2.21. The lowest BCUT2D eigenvalue weighted by Crippen LogP contribution is -1.98. The van der Waals surface area contributed by atoms with Crippen molar-refractivity contribution in [3.63, 3.8) is 0 Å². The van der Waals surface area contributed by atoms with Crippen LogP contribution in [0.2, 0.25) is 0 Å². The second kappa shape index (κ2) is 2.17. The predicted octanol–water partition coefficient (Wildman–Crippen LogP) is 1.95. The zero-order valence-electron chi connectivity index (χ0n) is 5.22. The summed E-state index contributed by atoms with van der Waals surface area (Å²) in [5, 5.41) is 8.49. The summed E-state index contributed by atoms with van der Waals surface area (Å²) in [6.07, 6.45) is 3.66. The highest BCUT2D eigenvalue weighted by atomic mass is 14.3. The molecule has 0 saturated heterocycles. The van der Waals surface area contributed by atoms with Crippen LogP contribution in [0.4, 0.5) is 0 Å². The fraction of sp³-hybridized carbons (Fsp3) is 0.857. The second-order valence-corrected chi connectivity index (χ2v) is 2.64. The van der Waals surface area contributed by atoms with Crippen LogP contribution in [-0.4, -0.2) is 0 Å². The molecule has 1 aliphatic rings. The topological polar surface area (TPSA) is 23.8 Å². The fourth-order valence-corrected chi connectivity index (χ4v) is 1.34. The molecule has 1 nitrogen and oxygen atoms in total. The summed E-state index contributed by atoms with van der Waals surface area (Å²) in [6.45, 7) is 2.17. The Balaban J connectivity index is 2.45. The summed E-state index contributed by atoms with van der Waals surface area (Å²) in [5.74, 6) is 1.04. The lowest BCUT2D eigenvalue weighted by molar-refractivity contribution is 0.514. The molecule has 1 saturated carbocycles.